The number of rotatable bonds is 8. The van der Waals surface area contributed by atoms with Crippen molar-refractivity contribution in [2.75, 3.05) is 0 Å². The van der Waals surface area contributed by atoms with Crippen molar-refractivity contribution in [3.05, 3.63) is 328 Å². The van der Waals surface area contributed by atoms with E-state index in [0.717, 1.165) is 77.2 Å². The lowest BCUT2D eigenvalue weighted by atomic mass is 10.1. The molecular formula is C90H54N10S2. The predicted octanol–water partition coefficient (Wildman–Crippen LogP) is 23.5. The first-order valence-electron chi connectivity index (χ1n) is 34.1. The van der Waals surface area contributed by atoms with E-state index in [0.29, 0.717) is 35.2 Å². The first kappa shape index (κ1) is 57.8. The van der Waals surface area contributed by atoms with Crippen molar-refractivity contribution in [1.82, 2.24) is 48.2 Å². The number of aromatic nitrogens is 10. The zero-order valence-electron chi connectivity index (χ0n) is 54.5. The molecule has 14 aromatic carbocycles. The molecule has 0 bridgehead atoms. The second-order valence-corrected chi connectivity index (χ2v) is 27.8. The highest BCUT2D eigenvalue weighted by molar-refractivity contribution is 7.26. The van der Waals surface area contributed by atoms with E-state index in [1.807, 2.05) is 36.4 Å². The molecule has 0 saturated carbocycles. The van der Waals surface area contributed by atoms with Gasteiger partial charge in [0.25, 0.3) is 0 Å². The summed E-state index contributed by atoms with van der Waals surface area (Å²) < 4.78 is 14.1. The molecule has 8 aromatic heterocycles. The van der Waals surface area contributed by atoms with Gasteiger partial charge in [-0.2, -0.15) is 19.9 Å². The maximum atomic E-state index is 5.34. The van der Waals surface area contributed by atoms with Crippen LogP contribution in [-0.2, 0) is 0 Å². The first-order valence-corrected chi connectivity index (χ1v) is 35.7. The van der Waals surface area contributed by atoms with Gasteiger partial charge in [0.05, 0.1) is 44.1 Å². The van der Waals surface area contributed by atoms with Crippen molar-refractivity contribution in [3.8, 4) is 68.8 Å². The van der Waals surface area contributed by atoms with Crippen LogP contribution < -0.4 is 0 Å². The number of fused-ring (bicyclic) bond motifs is 20. The van der Waals surface area contributed by atoms with Crippen molar-refractivity contribution in [2.24, 2.45) is 0 Å². The number of hydrogen-bond acceptors (Lipinski definition) is 8. The van der Waals surface area contributed by atoms with Crippen LogP contribution in [0.2, 0.25) is 0 Å². The molecule has 0 saturated heterocycles. The highest BCUT2D eigenvalue weighted by Gasteiger charge is 2.26. The van der Waals surface area contributed by atoms with Crippen LogP contribution in [-0.4, -0.2) is 48.2 Å². The zero-order chi connectivity index (χ0) is 66.9. The lowest BCUT2D eigenvalue weighted by Gasteiger charge is -2.12. The fraction of sp³-hybridized carbons (Fsp3) is 0. The molecule has 0 aliphatic carbocycles. The number of para-hydroxylation sites is 6. The molecule has 476 valence electrons. The number of nitrogens with zero attached hydrogens (tertiary/aromatic N) is 10. The van der Waals surface area contributed by atoms with E-state index in [1.54, 1.807) is 22.7 Å². The van der Waals surface area contributed by atoms with E-state index in [1.165, 1.54) is 84.0 Å². The van der Waals surface area contributed by atoms with Gasteiger partial charge < -0.3 is 9.13 Å². The topological polar surface area (TPSA) is 97.1 Å². The molecule has 0 spiro atoms. The minimum atomic E-state index is 0.586. The van der Waals surface area contributed by atoms with Gasteiger partial charge >= 0.3 is 0 Å². The molecule has 0 radical (unpaired) electrons. The molecule has 22 aromatic rings. The fourth-order valence-electron chi connectivity index (χ4n) is 15.5. The third-order valence-electron chi connectivity index (χ3n) is 20.0. The molecule has 10 nitrogen and oxygen atoms in total. The third-order valence-corrected chi connectivity index (χ3v) is 22.3. The second-order valence-electron chi connectivity index (χ2n) is 25.7. The predicted molar refractivity (Wildman–Crippen MR) is 425 cm³/mol. The van der Waals surface area contributed by atoms with Crippen LogP contribution in [0, 0.1) is 0 Å². The summed E-state index contributed by atoms with van der Waals surface area (Å²) in [4.78, 5) is 31.3. The normalized spacial score (nSPS) is 11.9. The quantitative estimate of drug-likeness (QED) is 0.150. The van der Waals surface area contributed by atoms with Crippen LogP contribution in [0.1, 0.15) is 0 Å². The van der Waals surface area contributed by atoms with Gasteiger partial charge in [0.1, 0.15) is 0 Å². The Morgan fingerprint density at radius 3 is 1.11 bits per heavy atom. The van der Waals surface area contributed by atoms with Gasteiger partial charge in [0.15, 0.2) is 23.3 Å². The lowest BCUT2D eigenvalue weighted by Crippen LogP contribution is -2.06. The minimum Gasteiger partial charge on any atom is -0.309 e. The molecule has 0 aliphatic rings. The monoisotopic (exact) mass is 1340 g/mol. The van der Waals surface area contributed by atoms with Crippen LogP contribution in [0.4, 0.5) is 0 Å². The molecule has 0 N–H and O–H groups in total. The SMILES string of the molecule is c1ccc(-c2nc(-c3ccc4c(c3)sc3ccccc34)nc(-n3c4ccccc4c4c3ccc3c5ccccc5n(-c5ccccc5)c34)n2)cc1.c1ccc(-c2nc(-c3cccc4c3sc3ccccc34)nc(-n3c4ccccc4c4c3ccc3c5ccccc5n(-c5ccccc5)c34)n2)cc1. The molecule has 0 aliphatic heterocycles. The Morgan fingerprint density at radius 1 is 0.216 bits per heavy atom. The van der Waals surface area contributed by atoms with Crippen LogP contribution in [0.25, 0.3) is 196 Å². The Bertz CT molecular complexity index is 7130. The highest BCUT2D eigenvalue weighted by atomic mass is 32.1. The smallest absolute Gasteiger partial charge is 0.238 e. The molecule has 0 fully saturated rings. The Kier molecular flexibility index (Phi) is 13.1. The molecule has 12 heteroatoms. The molecule has 0 atom stereocenters. The first-order chi connectivity index (χ1) is 50.6. The van der Waals surface area contributed by atoms with Crippen LogP contribution >= 0.6 is 22.7 Å². The third kappa shape index (κ3) is 9.03. The molecule has 0 amide bonds. The van der Waals surface area contributed by atoms with E-state index in [2.05, 4.69) is 309 Å². The Balaban J connectivity index is 0.000000133. The van der Waals surface area contributed by atoms with E-state index < -0.39 is 0 Å². The van der Waals surface area contributed by atoms with E-state index >= 15 is 0 Å². The molecule has 102 heavy (non-hydrogen) atoms. The highest BCUT2D eigenvalue weighted by Crippen LogP contribution is 2.46. The van der Waals surface area contributed by atoms with Crippen molar-refractivity contribution in [2.45, 2.75) is 0 Å². The maximum Gasteiger partial charge on any atom is 0.238 e. The van der Waals surface area contributed by atoms with Gasteiger partial charge in [-0.1, -0.05) is 243 Å². The Hall–Kier alpha value is -13.3. The van der Waals surface area contributed by atoms with E-state index in [9.17, 15) is 0 Å². The van der Waals surface area contributed by atoms with Crippen molar-refractivity contribution < 1.29 is 0 Å². The standard InChI is InChI=1S/2C45H27N5S/c1-3-14-28(15-4-1)43-46-44(35-22-13-21-33-31-19-9-12-25-39(31)51-42(33)35)48-45(47-43)50-37-24-11-8-20-34(37)40-38(50)27-26-32-30-18-7-10-23-36(30)49(41(32)40)29-16-5-2-6-17-29;1-3-13-28(14-4-1)43-46-44(29-23-24-33-32-18-9-12-22-39(32)51-40(33)27-29)48-45(47-43)50-37-21-11-8-19-35(37)41-38(50)26-25-34-31-17-7-10-20-36(31)49(42(34)41)30-15-5-2-6-16-30/h2*1-27H. The Morgan fingerprint density at radius 2 is 0.588 bits per heavy atom. The van der Waals surface area contributed by atoms with Gasteiger partial charge in [-0.05, 0) is 84.9 Å². The van der Waals surface area contributed by atoms with Gasteiger partial charge in [-0.25, -0.2) is 9.97 Å². The van der Waals surface area contributed by atoms with Crippen LogP contribution in [0.5, 0.6) is 0 Å². The summed E-state index contributed by atoms with van der Waals surface area (Å²) in [6, 6.07) is 115. The molecule has 22 rings (SSSR count). The molecule has 0 unspecified atom stereocenters. The van der Waals surface area contributed by atoms with Gasteiger partial charge in [0, 0.05) is 117 Å². The van der Waals surface area contributed by atoms with Gasteiger partial charge in [-0.3, -0.25) is 9.13 Å². The summed E-state index contributed by atoms with van der Waals surface area (Å²) in [5.41, 5.74) is 14.9. The fourth-order valence-corrected chi connectivity index (χ4v) is 17.9. The number of benzene rings is 14. The average Bonchev–Trinajstić information content (AvgIpc) is 1.55. The van der Waals surface area contributed by atoms with Crippen molar-refractivity contribution >= 4 is 150 Å². The van der Waals surface area contributed by atoms with Crippen molar-refractivity contribution in [3.63, 3.8) is 0 Å². The van der Waals surface area contributed by atoms with Gasteiger partial charge in [-0.15, -0.1) is 22.7 Å². The minimum absolute atomic E-state index is 0.586. The van der Waals surface area contributed by atoms with Crippen molar-refractivity contribution in [1.29, 1.82) is 0 Å². The van der Waals surface area contributed by atoms with Gasteiger partial charge in [0.2, 0.25) is 11.9 Å². The van der Waals surface area contributed by atoms with E-state index in [-0.39, 0.29) is 0 Å². The largest absolute Gasteiger partial charge is 0.309 e. The summed E-state index contributed by atoms with van der Waals surface area (Å²) in [5.74, 6) is 3.75. The average molecular weight is 1340 g/mol. The maximum absolute atomic E-state index is 5.34. The summed E-state index contributed by atoms with van der Waals surface area (Å²) >= 11 is 3.59. The summed E-state index contributed by atoms with van der Waals surface area (Å²) in [7, 11) is 0. The summed E-state index contributed by atoms with van der Waals surface area (Å²) in [5, 5.41) is 14.5. The van der Waals surface area contributed by atoms with Crippen LogP contribution in [0.3, 0.4) is 0 Å². The number of hydrogen-bond donors (Lipinski definition) is 0. The summed E-state index contributed by atoms with van der Waals surface area (Å²) in [6.07, 6.45) is 0. The summed E-state index contributed by atoms with van der Waals surface area (Å²) in [6.45, 7) is 0. The second kappa shape index (κ2) is 23.2. The number of thiophene rings is 2. The molecule has 8 heterocycles. The van der Waals surface area contributed by atoms with E-state index in [4.69, 9.17) is 29.9 Å². The van der Waals surface area contributed by atoms with Crippen LogP contribution in [0.15, 0.2) is 328 Å². The lowest BCUT2D eigenvalue weighted by molar-refractivity contribution is 0.953. The zero-order valence-corrected chi connectivity index (χ0v) is 56.1. The molecular weight excluding hydrogens is 1290 g/mol. The Labute approximate surface area is 590 Å².